The topological polar surface area (TPSA) is 38.7 Å². The fourth-order valence-electron chi connectivity index (χ4n) is 2.58. The van der Waals surface area contributed by atoms with Crippen LogP contribution in [-0.4, -0.2) is 15.2 Å². The van der Waals surface area contributed by atoms with Crippen LogP contribution in [0.4, 0.5) is 0 Å². The standard InChI is InChI=1S/C16H23N3/c1-8(2)15-14-13(10(5)11(6)17-15)12(7)18-19-16(14)9(3)4/h8-9H,1-7H3. The quantitative estimate of drug-likeness (QED) is 0.809. The Morgan fingerprint density at radius 2 is 1.26 bits per heavy atom. The fraction of sp³-hybridized carbons (Fsp3) is 0.562. The van der Waals surface area contributed by atoms with Crippen LogP contribution >= 0.6 is 0 Å². The van der Waals surface area contributed by atoms with Crippen molar-refractivity contribution >= 4 is 10.8 Å². The smallest absolute Gasteiger partial charge is 0.0753 e. The molecule has 19 heavy (non-hydrogen) atoms. The molecule has 0 unspecified atom stereocenters. The predicted molar refractivity (Wildman–Crippen MR) is 79.7 cm³/mol. The molecule has 2 aromatic rings. The lowest BCUT2D eigenvalue weighted by molar-refractivity contribution is 0.774. The normalized spacial score (nSPS) is 11.8. The average molecular weight is 257 g/mol. The second-order valence-corrected chi connectivity index (χ2v) is 5.94. The minimum Gasteiger partial charge on any atom is -0.257 e. The molecule has 2 aromatic heterocycles. The molecule has 0 radical (unpaired) electrons. The number of aromatic nitrogens is 3. The van der Waals surface area contributed by atoms with Gasteiger partial charge >= 0.3 is 0 Å². The SMILES string of the molecule is Cc1nc(C(C)C)c2c(C(C)C)nnc(C)c2c1C. The molecular formula is C16H23N3. The van der Waals surface area contributed by atoms with Crippen molar-refractivity contribution in [2.24, 2.45) is 0 Å². The highest BCUT2D eigenvalue weighted by Gasteiger charge is 2.19. The van der Waals surface area contributed by atoms with Gasteiger partial charge in [0.05, 0.1) is 17.1 Å². The molecule has 102 valence electrons. The van der Waals surface area contributed by atoms with Gasteiger partial charge in [-0.15, -0.1) is 0 Å². The van der Waals surface area contributed by atoms with E-state index in [4.69, 9.17) is 4.98 Å². The molecule has 0 saturated heterocycles. The molecule has 0 spiro atoms. The molecule has 3 nitrogen and oxygen atoms in total. The number of hydrogen-bond acceptors (Lipinski definition) is 3. The Labute approximate surface area is 115 Å². The fourth-order valence-corrected chi connectivity index (χ4v) is 2.58. The summed E-state index contributed by atoms with van der Waals surface area (Å²) >= 11 is 0. The van der Waals surface area contributed by atoms with Crippen LogP contribution < -0.4 is 0 Å². The first-order valence-electron chi connectivity index (χ1n) is 6.98. The molecule has 0 atom stereocenters. The van der Waals surface area contributed by atoms with Gasteiger partial charge < -0.3 is 0 Å². The van der Waals surface area contributed by atoms with Crippen LogP contribution in [0.25, 0.3) is 10.8 Å². The molecule has 2 rings (SSSR count). The van der Waals surface area contributed by atoms with E-state index in [1.807, 2.05) is 6.92 Å². The van der Waals surface area contributed by atoms with Gasteiger partial charge in [-0.05, 0) is 38.2 Å². The summed E-state index contributed by atoms with van der Waals surface area (Å²) < 4.78 is 0. The van der Waals surface area contributed by atoms with E-state index in [1.54, 1.807) is 0 Å². The molecule has 0 fully saturated rings. The third kappa shape index (κ3) is 2.22. The van der Waals surface area contributed by atoms with Crippen LogP contribution in [0, 0.1) is 20.8 Å². The maximum atomic E-state index is 4.82. The summed E-state index contributed by atoms with van der Waals surface area (Å²) in [6.45, 7) is 15.0. The molecule has 0 aliphatic heterocycles. The van der Waals surface area contributed by atoms with Crippen molar-refractivity contribution in [3.8, 4) is 0 Å². The third-order valence-electron chi connectivity index (χ3n) is 3.73. The van der Waals surface area contributed by atoms with Crippen molar-refractivity contribution in [1.82, 2.24) is 15.2 Å². The lowest BCUT2D eigenvalue weighted by atomic mass is 9.93. The second kappa shape index (κ2) is 4.87. The molecule has 0 aliphatic carbocycles. The largest absolute Gasteiger partial charge is 0.257 e. The highest BCUT2D eigenvalue weighted by Crippen LogP contribution is 2.33. The van der Waals surface area contributed by atoms with E-state index in [-0.39, 0.29) is 0 Å². The Hall–Kier alpha value is -1.51. The summed E-state index contributed by atoms with van der Waals surface area (Å²) in [6, 6.07) is 0. The molecule has 3 heteroatoms. The summed E-state index contributed by atoms with van der Waals surface area (Å²) in [5.74, 6) is 0.750. The second-order valence-electron chi connectivity index (χ2n) is 5.94. The first-order chi connectivity index (χ1) is 8.84. The molecule has 0 aromatic carbocycles. The van der Waals surface area contributed by atoms with Crippen LogP contribution in [0.15, 0.2) is 0 Å². The van der Waals surface area contributed by atoms with Crippen LogP contribution in [0.1, 0.15) is 67.9 Å². The summed E-state index contributed by atoms with van der Waals surface area (Å²) in [4.78, 5) is 4.82. The van der Waals surface area contributed by atoms with Crippen LogP contribution in [-0.2, 0) is 0 Å². The molecule has 0 bridgehead atoms. The van der Waals surface area contributed by atoms with Crippen molar-refractivity contribution in [2.75, 3.05) is 0 Å². The Balaban J connectivity index is 3.03. The average Bonchev–Trinajstić information content (AvgIpc) is 2.32. The first kappa shape index (κ1) is 13.9. The van der Waals surface area contributed by atoms with E-state index < -0.39 is 0 Å². The lowest BCUT2D eigenvalue weighted by Crippen LogP contribution is -2.08. The number of fused-ring (bicyclic) bond motifs is 1. The van der Waals surface area contributed by atoms with Gasteiger partial charge in [0.2, 0.25) is 0 Å². The molecule has 0 aliphatic rings. The zero-order valence-electron chi connectivity index (χ0n) is 13.0. The van der Waals surface area contributed by atoms with Crippen molar-refractivity contribution < 1.29 is 0 Å². The Kier molecular flexibility index (Phi) is 3.57. The number of aryl methyl sites for hydroxylation is 3. The zero-order chi connectivity index (χ0) is 14.3. The van der Waals surface area contributed by atoms with Gasteiger partial charge in [-0.25, -0.2) is 0 Å². The lowest BCUT2D eigenvalue weighted by Gasteiger charge is -2.18. The Morgan fingerprint density at radius 3 is 1.79 bits per heavy atom. The van der Waals surface area contributed by atoms with Crippen molar-refractivity contribution in [3.63, 3.8) is 0 Å². The summed E-state index contributed by atoms with van der Waals surface area (Å²) in [6.07, 6.45) is 0. The Bertz CT molecular complexity index is 628. The van der Waals surface area contributed by atoms with E-state index in [2.05, 4.69) is 51.7 Å². The van der Waals surface area contributed by atoms with Gasteiger partial charge in [-0.2, -0.15) is 10.2 Å². The minimum atomic E-state index is 0.358. The van der Waals surface area contributed by atoms with E-state index in [1.165, 1.54) is 16.3 Å². The summed E-state index contributed by atoms with van der Waals surface area (Å²) in [5.41, 5.74) is 5.56. The van der Waals surface area contributed by atoms with Gasteiger partial charge in [0.15, 0.2) is 0 Å². The van der Waals surface area contributed by atoms with Crippen LogP contribution in [0.5, 0.6) is 0 Å². The number of rotatable bonds is 2. The molecule has 0 amide bonds. The predicted octanol–water partition coefficient (Wildman–Crippen LogP) is 4.20. The van der Waals surface area contributed by atoms with Gasteiger partial charge in [0.1, 0.15) is 0 Å². The van der Waals surface area contributed by atoms with E-state index in [0.717, 1.165) is 22.8 Å². The van der Waals surface area contributed by atoms with Crippen molar-refractivity contribution in [1.29, 1.82) is 0 Å². The first-order valence-corrected chi connectivity index (χ1v) is 6.98. The van der Waals surface area contributed by atoms with Crippen LogP contribution in [0.2, 0.25) is 0 Å². The van der Waals surface area contributed by atoms with Crippen molar-refractivity contribution in [2.45, 2.75) is 60.3 Å². The number of hydrogen-bond donors (Lipinski definition) is 0. The minimum absolute atomic E-state index is 0.358. The van der Waals surface area contributed by atoms with Gasteiger partial charge in [0.25, 0.3) is 0 Å². The van der Waals surface area contributed by atoms with E-state index >= 15 is 0 Å². The number of pyridine rings is 1. The van der Waals surface area contributed by atoms with Gasteiger partial charge in [-0.1, -0.05) is 27.7 Å². The Morgan fingerprint density at radius 1 is 0.684 bits per heavy atom. The van der Waals surface area contributed by atoms with Crippen molar-refractivity contribution in [3.05, 3.63) is 28.3 Å². The van der Waals surface area contributed by atoms with Gasteiger partial charge in [-0.3, -0.25) is 4.98 Å². The number of nitrogens with zero attached hydrogens (tertiary/aromatic N) is 3. The maximum absolute atomic E-state index is 4.82. The monoisotopic (exact) mass is 257 g/mol. The maximum Gasteiger partial charge on any atom is 0.0753 e. The summed E-state index contributed by atoms with van der Waals surface area (Å²) in [7, 11) is 0. The third-order valence-corrected chi connectivity index (χ3v) is 3.73. The van der Waals surface area contributed by atoms with E-state index in [0.29, 0.717) is 11.8 Å². The van der Waals surface area contributed by atoms with E-state index in [9.17, 15) is 0 Å². The molecular weight excluding hydrogens is 234 g/mol. The molecule has 0 saturated carbocycles. The summed E-state index contributed by atoms with van der Waals surface area (Å²) in [5, 5.41) is 11.3. The molecule has 0 N–H and O–H groups in total. The highest BCUT2D eigenvalue weighted by atomic mass is 15.1. The zero-order valence-corrected chi connectivity index (χ0v) is 13.0. The highest BCUT2D eigenvalue weighted by molar-refractivity contribution is 5.92. The molecule has 2 heterocycles. The van der Waals surface area contributed by atoms with Crippen LogP contribution in [0.3, 0.4) is 0 Å². The van der Waals surface area contributed by atoms with Gasteiger partial charge in [0, 0.05) is 16.5 Å².